The van der Waals surface area contributed by atoms with E-state index in [1.165, 1.54) is 12.1 Å². The molecule has 1 aromatic carbocycles. The van der Waals surface area contributed by atoms with Crippen LogP contribution >= 0.6 is 0 Å². The number of nitrogens with one attached hydrogen (secondary N) is 1. The van der Waals surface area contributed by atoms with Crippen LogP contribution < -0.4 is 9.46 Å². The number of sulfonamides is 1. The van der Waals surface area contributed by atoms with Gasteiger partial charge in [0.05, 0.1) is 12.4 Å². The Kier molecular flexibility index (Phi) is 5.58. The quantitative estimate of drug-likeness (QED) is 0.878. The highest BCUT2D eigenvalue weighted by atomic mass is 32.2. The molecule has 1 aliphatic rings. The number of halogens is 1. The Morgan fingerprint density at radius 2 is 2.10 bits per heavy atom. The Morgan fingerprint density at radius 1 is 1.33 bits per heavy atom. The molecule has 0 aromatic heterocycles. The summed E-state index contributed by atoms with van der Waals surface area (Å²) < 4.78 is 45.0. The zero-order valence-corrected chi connectivity index (χ0v) is 13.0. The molecule has 4 nitrogen and oxygen atoms in total. The van der Waals surface area contributed by atoms with E-state index in [0.717, 1.165) is 25.7 Å². The van der Waals surface area contributed by atoms with Gasteiger partial charge in [-0.15, -0.1) is 0 Å². The zero-order chi connectivity index (χ0) is 15.3. The molecule has 0 bridgehead atoms. The molecule has 1 aliphatic carbocycles. The standard InChI is InChI=1S/C15H22FNO3S/c1-2-21(18,19)17-15-9-4-3-6-12(15)11-20-14-8-5-7-13(16)10-14/h5,7-8,10,12,15,17H,2-4,6,9,11H2,1H3/t12-,15+/m1/s1. The molecule has 2 rings (SSSR count). The van der Waals surface area contributed by atoms with Crippen LogP contribution in [0, 0.1) is 11.7 Å². The molecule has 1 fully saturated rings. The van der Waals surface area contributed by atoms with Crippen molar-refractivity contribution in [2.75, 3.05) is 12.4 Å². The highest BCUT2D eigenvalue weighted by molar-refractivity contribution is 7.89. The molecule has 1 N–H and O–H groups in total. The van der Waals surface area contributed by atoms with E-state index in [1.54, 1.807) is 19.1 Å². The lowest BCUT2D eigenvalue weighted by Gasteiger charge is -2.31. The van der Waals surface area contributed by atoms with Crippen molar-refractivity contribution < 1.29 is 17.5 Å². The van der Waals surface area contributed by atoms with E-state index < -0.39 is 10.0 Å². The van der Waals surface area contributed by atoms with Crippen LogP contribution in [0.25, 0.3) is 0 Å². The zero-order valence-electron chi connectivity index (χ0n) is 12.2. The number of ether oxygens (including phenoxy) is 1. The largest absolute Gasteiger partial charge is 0.493 e. The van der Waals surface area contributed by atoms with Crippen LogP contribution in [0.3, 0.4) is 0 Å². The molecule has 0 saturated heterocycles. The first-order valence-electron chi connectivity index (χ1n) is 7.38. The van der Waals surface area contributed by atoms with E-state index in [1.807, 2.05) is 0 Å². The van der Waals surface area contributed by atoms with Gasteiger partial charge >= 0.3 is 0 Å². The van der Waals surface area contributed by atoms with Crippen LogP contribution in [0.2, 0.25) is 0 Å². The molecule has 0 aliphatic heterocycles. The van der Waals surface area contributed by atoms with E-state index >= 15 is 0 Å². The van der Waals surface area contributed by atoms with Gasteiger partial charge in [-0.2, -0.15) is 0 Å². The van der Waals surface area contributed by atoms with Crippen LogP contribution in [-0.4, -0.2) is 26.8 Å². The second-order valence-corrected chi connectivity index (χ2v) is 7.48. The van der Waals surface area contributed by atoms with Gasteiger partial charge in [0.2, 0.25) is 10.0 Å². The predicted octanol–water partition coefficient (Wildman–Crippen LogP) is 2.70. The predicted molar refractivity (Wildman–Crippen MR) is 80.2 cm³/mol. The number of benzene rings is 1. The van der Waals surface area contributed by atoms with Crippen LogP contribution in [0.15, 0.2) is 24.3 Å². The molecule has 21 heavy (non-hydrogen) atoms. The fourth-order valence-corrected chi connectivity index (χ4v) is 3.57. The Bertz CT molecular complexity index is 562. The topological polar surface area (TPSA) is 55.4 Å². The first-order chi connectivity index (χ1) is 10.00. The molecule has 0 spiro atoms. The van der Waals surface area contributed by atoms with E-state index in [-0.39, 0.29) is 23.5 Å². The summed E-state index contributed by atoms with van der Waals surface area (Å²) in [5.74, 6) is 0.362. The molecule has 0 unspecified atom stereocenters. The Balaban J connectivity index is 1.96. The maximum atomic E-state index is 13.1. The summed E-state index contributed by atoms with van der Waals surface area (Å²) in [4.78, 5) is 0. The van der Waals surface area contributed by atoms with Gasteiger partial charge in [-0.05, 0) is 31.9 Å². The monoisotopic (exact) mass is 315 g/mol. The molecule has 0 amide bonds. The van der Waals surface area contributed by atoms with Gasteiger partial charge in [0.1, 0.15) is 11.6 Å². The second-order valence-electron chi connectivity index (χ2n) is 5.44. The van der Waals surface area contributed by atoms with Crippen LogP contribution in [0.5, 0.6) is 5.75 Å². The van der Waals surface area contributed by atoms with Gasteiger partial charge in [0, 0.05) is 18.0 Å². The van der Waals surface area contributed by atoms with E-state index in [9.17, 15) is 12.8 Å². The molecule has 118 valence electrons. The molecular formula is C15H22FNO3S. The second kappa shape index (κ2) is 7.22. The minimum absolute atomic E-state index is 0.0843. The highest BCUT2D eigenvalue weighted by Gasteiger charge is 2.28. The number of hydrogen-bond donors (Lipinski definition) is 1. The van der Waals surface area contributed by atoms with Crippen molar-refractivity contribution in [3.05, 3.63) is 30.1 Å². The third-order valence-electron chi connectivity index (χ3n) is 3.88. The van der Waals surface area contributed by atoms with Gasteiger partial charge < -0.3 is 4.74 Å². The van der Waals surface area contributed by atoms with Crippen LogP contribution in [-0.2, 0) is 10.0 Å². The van der Waals surface area contributed by atoms with Crippen molar-refractivity contribution in [2.24, 2.45) is 5.92 Å². The van der Waals surface area contributed by atoms with Gasteiger partial charge in [0.25, 0.3) is 0 Å². The Labute approximate surface area is 125 Å². The van der Waals surface area contributed by atoms with E-state index in [0.29, 0.717) is 12.4 Å². The molecule has 0 heterocycles. The van der Waals surface area contributed by atoms with Gasteiger partial charge in [-0.1, -0.05) is 18.9 Å². The van der Waals surface area contributed by atoms with Crippen molar-refractivity contribution >= 4 is 10.0 Å². The van der Waals surface area contributed by atoms with Gasteiger partial charge in [-0.25, -0.2) is 17.5 Å². The summed E-state index contributed by atoms with van der Waals surface area (Å²) in [7, 11) is -3.21. The average Bonchev–Trinajstić information content (AvgIpc) is 2.46. The summed E-state index contributed by atoms with van der Waals surface area (Å²) in [5, 5.41) is 0. The maximum Gasteiger partial charge on any atom is 0.211 e. The summed E-state index contributed by atoms with van der Waals surface area (Å²) in [5.41, 5.74) is 0. The summed E-state index contributed by atoms with van der Waals surface area (Å²) >= 11 is 0. The molecule has 2 atom stereocenters. The van der Waals surface area contributed by atoms with Crippen molar-refractivity contribution in [3.8, 4) is 5.75 Å². The fourth-order valence-electron chi connectivity index (χ4n) is 2.64. The first-order valence-corrected chi connectivity index (χ1v) is 9.04. The number of rotatable bonds is 6. The summed E-state index contributed by atoms with van der Waals surface area (Å²) in [6.45, 7) is 2.03. The van der Waals surface area contributed by atoms with Crippen LogP contribution in [0.4, 0.5) is 4.39 Å². The lowest BCUT2D eigenvalue weighted by atomic mass is 9.86. The molecule has 6 heteroatoms. The lowest BCUT2D eigenvalue weighted by molar-refractivity contribution is 0.180. The molecule has 1 saturated carbocycles. The Morgan fingerprint density at radius 3 is 2.81 bits per heavy atom. The van der Waals surface area contributed by atoms with Crippen molar-refractivity contribution in [2.45, 2.75) is 38.6 Å². The third kappa shape index (κ3) is 4.97. The summed E-state index contributed by atoms with van der Waals surface area (Å²) in [6.07, 6.45) is 3.84. The van der Waals surface area contributed by atoms with Crippen molar-refractivity contribution in [1.82, 2.24) is 4.72 Å². The van der Waals surface area contributed by atoms with Crippen molar-refractivity contribution in [3.63, 3.8) is 0 Å². The molecule has 0 radical (unpaired) electrons. The summed E-state index contributed by atoms with van der Waals surface area (Å²) in [6, 6.07) is 5.93. The minimum atomic E-state index is -3.21. The van der Waals surface area contributed by atoms with Gasteiger partial charge in [-0.3, -0.25) is 0 Å². The normalized spacial score (nSPS) is 23.0. The average molecular weight is 315 g/mol. The van der Waals surface area contributed by atoms with Crippen LogP contribution in [0.1, 0.15) is 32.6 Å². The van der Waals surface area contributed by atoms with E-state index in [4.69, 9.17) is 4.74 Å². The molecular weight excluding hydrogens is 293 g/mol. The maximum absolute atomic E-state index is 13.1. The third-order valence-corrected chi connectivity index (χ3v) is 5.30. The lowest BCUT2D eigenvalue weighted by Crippen LogP contribution is -2.44. The van der Waals surface area contributed by atoms with Crippen molar-refractivity contribution in [1.29, 1.82) is 0 Å². The van der Waals surface area contributed by atoms with E-state index in [2.05, 4.69) is 4.72 Å². The number of hydrogen-bond acceptors (Lipinski definition) is 3. The Hall–Kier alpha value is -1.14. The van der Waals surface area contributed by atoms with Gasteiger partial charge in [0.15, 0.2) is 0 Å². The SMILES string of the molecule is CCS(=O)(=O)N[C@H]1CCCC[C@@H]1COc1cccc(F)c1. The first kappa shape index (κ1) is 16.2. The fraction of sp³-hybridized carbons (Fsp3) is 0.600. The molecule has 1 aromatic rings. The minimum Gasteiger partial charge on any atom is -0.493 e. The smallest absolute Gasteiger partial charge is 0.211 e. The highest BCUT2D eigenvalue weighted by Crippen LogP contribution is 2.26.